The van der Waals surface area contributed by atoms with E-state index in [0.717, 1.165) is 54.7 Å². The second-order valence-electron chi connectivity index (χ2n) is 7.08. The van der Waals surface area contributed by atoms with Crippen LogP contribution in [0.5, 0.6) is 5.75 Å². The summed E-state index contributed by atoms with van der Waals surface area (Å²) in [6, 6.07) is 12.2. The van der Waals surface area contributed by atoms with Crippen LogP contribution in [0.2, 0.25) is 0 Å². The zero-order chi connectivity index (χ0) is 18.5. The van der Waals surface area contributed by atoms with E-state index in [1.54, 1.807) is 12.0 Å². The first-order valence-corrected chi connectivity index (χ1v) is 9.24. The fourth-order valence-electron chi connectivity index (χ4n) is 3.42. The number of hydrogen-bond donors (Lipinski definition) is 1. The Morgan fingerprint density at radius 1 is 1.23 bits per heavy atom. The molecule has 1 saturated heterocycles. The van der Waals surface area contributed by atoms with E-state index in [9.17, 15) is 4.79 Å². The lowest BCUT2D eigenvalue weighted by Gasteiger charge is -2.28. The van der Waals surface area contributed by atoms with Crippen LogP contribution < -0.4 is 10.1 Å². The number of rotatable bonds is 5. The lowest BCUT2D eigenvalue weighted by molar-refractivity contribution is 0.0585. The molecule has 1 aliphatic heterocycles. The molecule has 3 rings (SSSR count). The van der Waals surface area contributed by atoms with Crippen LogP contribution in [-0.4, -0.2) is 44.8 Å². The van der Waals surface area contributed by atoms with E-state index in [1.165, 1.54) is 0 Å². The fourth-order valence-corrected chi connectivity index (χ4v) is 3.42. The summed E-state index contributed by atoms with van der Waals surface area (Å²) >= 11 is 0. The smallest absolute Gasteiger partial charge is 0.317 e. The highest BCUT2D eigenvalue weighted by Gasteiger charge is 2.20. The third kappa shape index (κ3) is 4.47. The lowest BCUT2D eigenvalue weighted by atomic mass is 10.00. The average molecular weight is 356 g/mol. The summed E-state index contributed by atoms with van der Waals surface area (Å²) in [5.41, 5.74) is 1.09. The quantitative estimate of drug-likeness (QED) is 0.882. The first-order valence-electron chi connectivity index (χ1n) is 9.24. The number of amides is 2. The molecule has 0 unspecified atom stereocenters. The molecule has 1 atom stereocenters. The zero-order valence-electron chi connectivity index (χ0n) is 15.8. The van der Waals surface area contributed by atoms with Crippen molar-refractivity contribution in [2.24, 2.45) is 5.92 Å². The molecule has 0 bridgehead atoms. The van der Waals surface area contributed by atoms with Gasteiger partial charge in [-0.15, -0.1) is 0 Å². The van der Waals surface area contributed by atoms with Crippen molar-refractivity contribution in [3.63, 3.8) is 0 Å². The second kappa shape index (κ2) is 8.41. The number of methoxy groups -OCH3 is 1. The van der Waals surface area contributed by atoms with Crippen LogP contribution in [0, 0.1) is 5.92 Å². The number of fused-ring (bicyclic) bond motifs is 1. The van der Waals surface area contributed by atoms with Gasteiger partial charge in [0, 0.05) is 26.8 Å². The lowest BCUT2D eigenvalue weighted by Crippen LogP contribution is -2.41. The molecule has 0 saturated carbocycles. The van der Waals surface area contributed by atoms with Crippen molar-refractivity contribution in [1.82, 2.24) is 10.2 Å². The maximum absolute atomic E-state index is 12.5. The normalized spacial score (nSPS) is 16.3. The van der Waals surface area contributed by atoms with Crippen molar-refractivity contribution in [3.8, 4) is 5.75 Å². The van der Waals surface area contributed by atoms with E-state index in [-0.39, 0.29) is 12.1 Å². The number of carbonyl (C=O) groups is 1. The predicted molar refractivity (Wildman–Crippen MR) is 104 cm³/mol. The van der Waals surface area contributed by atoms with Gasteiger partial charge in [0.25, 0.3) is 0 Å². The minimum absolute atomic E-state index is 0.0289. The average Bonchev–Trinajstić information content (AvgIpc) is 2.67. The van der Waals surface area contributed by atoms with E-state index < -0.39 is 0 Å². The molecule has 1 aliphatic rings. The first kappa shape index (κ1) is 18.5. The monoisotopic (exact) mass is 356 g/mol. The highest BCUT2D eigenvalue weighted by molar-refractivity contribution is 5.85. The highest BCUT2D eigenvalue weighted by atomic mass is 16.5. The van der Waals surface area contributed by atoms with Gasteiger partial charge in [0.1, 0.15) is 5.75 Å². The number of hydrogen-bond acceptors (Lipinski definition) is 3. The first-order chi connectivity index (χ1) is 12.6. The zero-order valence-corrected chi connectivity index (χ0v) is 15.8. The standard InChI is InChI=1S/C21H28N2O3/c1-15(22-21(24)23(2)14-16-8-10-26-11-9-16)17-4-5-19-13-20(25-3)7-6-18(19)12-17/h4-7,12-13,15-16H,8-11,14H2,1-3H3,(H,22,24)/t15-/m0/s1. The number of nitrogens with one attached hydrogen (secondary N) is 1. The van der Waals surface area contributed by atoms with Crippen LogP contribution in [0.15, 0.2) is 36.4 Å². The summed E-state index contributed by atoms with van der Waals surface area (Å²) in [5.74, 6) is 1.38. The number of carbonyl (C=O) groups excluding carboxylic acids is 1. The highest BCUT2D eigenvalue weighted by Crippen LogP contribution is 2.24. The van der Waals surface area contributed by atoms with Crippen molar-refractivity contribution in [2.75, 3.05) is 33.9 Å². The molecule has 0 aromatic heterocycles. The molecular formula is C21H28N2O3. The molecule has 26 heavy (non-hydrogen) atoms. The summed E-state index contributed by atoms with van der Waals surface area (Å²) in [5, 5.41) is 5.37. The van der Waals surface area contributed by atoms with Crippen molar-refractivity contribution >= 4 is 16.8 Å². The third-order valence-electron chi connectivity index (χ3n) is 5.13. The minimum Gasteiger partial charge on any atom is -0.497 e. The fraction of sp³-hybridized carbons (Fsp3) is 0.476. The molecule has 140 valence electrons. The summed E-state index contributed by atoms with van der Waals surface area (Å²) in [6.07, 6.45) is 2.06. The molecule has 2 amide bonds. The summed E-state index contributed by atoms with van der Waals surface area (Å²) in [6.45, 7) is 4.40. The molecule has 1 fully saturated rings. The van der Waals surface area contributed by atoms with Gasteiger partial charge in [-0.1, -0.05) is 18.2 Å². The largest absolute Gasteiger partial charge is 0.497 e. The number of nitrogens with zero attached hydrogens (tertiary/aromatic N) is 1. The SMILES string of the molecule is COc1ccc2cc([C@H](C)NC(=O)N(C)CC3CCOCC3)ccc2c1. The Hall–Kier alpha value is -2.27. The van der Waals surface area contributed by atoms with Crippen LogP contribution in [0.4, 0.5) is 4.79 Å². The van der Waals surface area contributed by atoms with Gasteiger partial charge in [0.15, 0.2) is 0 Å². The van der Waals surface area contributed by atoms with E-state index in [1.807, 2.05) is 32.2 Å². The number of urea groups is 1. The number of ether oxygens (including phenoxy) is 2. The Morgan fingerprint density at radius 2 is 1.92 bits per heavy atom. The van der Waals surface area contributed by atoms with Gasteiger partial charge in [-0.3, -0.25) is 0 Å². The van der Waals surface area contributed by atoms with Crippen molar-refractivity contribution in [3.05, 3.63) is 42.0 Å². The molecule has 2 aromatic rings. The Morgan fingerprint density at radius 3 is 2.65 bits per heavy atom. The molecular weight excluding hydrogens is 328 g/mol. The molecule has 0 aliphatic carbocycles. The Labute approximate surface area is 155 Å². The van der Waals surface area contributed by atoms with Crippen molar-refractivity contribution < 1.29 is 14.3 Å². The van der Waals surface area contributed by atoms with Gasteiger partial charge in [-0.25, -0.2) is 4.79 Å². The number of benzene rings is 2. The molecule has 5 heteroatoms. The summed E-state index contributed by atoms with van der Waals surface area (Å²) in [4.78, 5) is 14.3. The predicted octanol–water partition coefficient (Wildman–Crippen LogP) is 3.98. The van der Waals surface area contributed by atoms with E-state index >= 15 is 0 Å². The van der Waals surface area contributed by atoms with E-state index in [4.69, 9.17) is 9.47 Å². The van der Waals surface area contributed by atoms with Gasteiger partial charge in [0.2, 0.25) is 0 Å². The maximum atomic E-state index is 12.5. The van der Waals surface area contributed by atoms with E-state index in [0.29, 0.717) is 5.92 Å². The molecule has 1 N–H and O–H groups in total. The van der Waals surface area contributed by atoms with Crippen LogP contribution in [0.3, 0.4) is 0 Å². The van der Waals surface area contributed by atoms with Gasteiger partial charge in [0.05, 0.1) is 13.2 Å². The molecule has 0 spiro atoms. The van der Waals surface area contributed by atoms with Crippen LogP contribution in [0.1, 0.15) is 31.4 Å². The second-order valence-corrected chi connectivity index (χ2v) is 7.08. The van der Waals surface area contributed by atoms with Gasteiger partial charge >= 0.3 is 6.03 Å². The van der Waals surface area contributed by atoms with Crippen LogP contribution >= 0.6 is 0 Å². The molecule has 0 radical (unpaired) electrons. The maximum Gasteiger partial charge on any atom is 0.317 e. The minimum atomic E-state index is -0.0499. The van der Waals surface area contributed by atoms with Crippen molar-refractivity contribution in [1.29, 1.82) is 0 Å². The van der Waals surface area contributed by atoms with Gasteiger partial charge in [-0.05, 0) is 60.2 Å². The Bertz CT molecular complexity index is 756. The van der Waals surface area contributed by atoms with Crippen LogP contribution in [0.25, 0.3) is 10.8 Å². The topological polar surface area (TPSA) is 50.8 Å². The van der Waals surface area contributed by atoms with Crippen molar-refractivity contribution in [2.45, 2.75) is 25.8 Å². The Kier molecular flexibility index (Phi) is 5.99. The summed E-state index contributed by atoms with van der Waals surface area (Å²) < 4.78 is 10.7. The molecule has 1 heterocycles. The van der Waals surface area contributed by atoms with Gasteiger partial charge < -0.3 is 19.7 Å². The van der Waals surface area contributed by atoms with Crippen LogP contribution in [-0.2, 0) is 4.74 Å². The Balaban J connectivity index is 1.62. The third-order valence-corrected chi connectivity index (χ3v) is 5.13. The van der Waals surface area contributed by atoms with E-state index in [2.05, 4.69) is 23.5 Å². The summed E-state index contributed by atoms with van der Waals surface area (Å²) in [7, 11) is 3.54. The molecule has 2 aromatic carbocycles. The molecule has 5 nitrogen and oxygen atoms in total. The van der Waals surface area contributed by atoms with Gasteiger partial charge in [-0.2, -0.15) is 0 Å².